The van der Waals surface area contributed by atoms with E-state index in [1.165, 1.54) is 23.2 Å². The Hall–Kier alpha value is -4.77. The number of amides is 4. The quantitative estimate of drug-likeness (QED) is 0.0578. The highest BCUT2D eigenvalue weighted by molar-refractivity contribution is 8.00. The van der Waals surface area contributed by atoms with Crippen LogP contribution in [0.2, 0.25) is 0 Å². The van der Waals surface area contributed by atoms with E-state index in [0.29, 0.717) is 25.1 Å². The fourth-order valence-electron chi connectivity index (χ4n) is 4.82. The molecule has 0 bridgehead atoms. The van der Waals surface area contributed by atoms with Crippen molar-refractivity contribution in [2.45, 2.75) is 30.9 Å². The van der Waals surface area contributed by atoms with Gasteiger partial charge in [0.15, 0.2) is 23.2 Å². The van der Waals surface area contributed by atoms with Crippen molar-refractivity contribution in [2.24, 2.45) is 10.9 Å². The molecule has 0 aliphatic carbocycles. The summed E-state index contributed by atoms with van der Waals surface area (Å²) >= 11 is 2.24. The summed E-state index contributed by atoms with van der Waals surface area (Å²) < 4.78 is 1.62. The van der Waals surface area contributed by atoms with Gasteiger partial charge in [0.1, 0.15) is 17.1 Å². The van der Waals surface area contributed by atoms with Crippen molar-refractivity contribution in [3.05, 3.63) is 64.1 Å². The number of likely N-dealkylation sites (tertiary alicyclic amines) is 1. The number of pyridine rings is 1. The van der Waals surface area contributed by atoms with Gasteiger partial charge in [-0.15, -0.1) is 23.1 Å². The minimum atomic E-state index is -1.59. The highest BCUT2D eigenvalue weighted by Crippen LogP contribution is 2.41. The zero-order chi connectivity index (χ0) is 30.1. The van der Waals surface area contributed by atoms with Crippen molar-refractivity contribution in [2.75, 3.05) is 18.0 Å². The number of oxime groups is 1. The third-order valence-corrected chi connectivity index (χ3v) is 8.77. The van der Waals surface area contributed by atoms with E-state index in [4.69, 9.17) is 11.5 Å². The number of fused-ring (bicyclic) bond motifs is 1. The van der Waals surface area contributed by atoms with Gasteiger partial charge >= 0.3 is 0 Å². The van der Waals surface area contributed by atoms with E-state index in [1.807, 2.05) is 0 Å². The number of allylic oxidation sites excluding steroid dienone is 1. The number of rotatable bonds is 9. The maximum absolute atomic E-state index is 13.1. The number of thioether (sulfide) groups is 1. The first-order chi connectivity index (χ1) is 20.1. The predicted octanol–water partition coefficient (Wildman–Crippen LogP) is -2.56. The molecule has 5 rings (SSSR count). The monoisotopic (exact) mass is 612 g/mol. The van der Waals surface area contributed by atoms with Gasteiger partial charge in [-0.1, -0.05) is 5.16 Å². The molecular weight excluding hydrogens is 588 g/mol. The molecule has 6 N–H and O–H groups in total. The van der Waals surface area contributed by atoms with Crippen LogP contribution in [0.15, 0.2) is 58.0 Å². The molecule has 0 saturated carbocycles. The van der Waals surface area contributed by atoms with Crippen molar-refractivity contribution in [1.29, 1.82) is 0 Å². The topological polar surface area (TPSA) is 228 Å². The average molecular weight is 613 g/mol. The molecule has 2 aromatic heterocycles. The number of primary amides is 1. The van der Waals surface area contributed by atoms with Crippen molar-refractivity contribution in [3.63, 3.8) is 0 Å². The summed E-state index contributed by atoms with van der Waals surface area (Å²) in [5, 5.41) is 27.7. The number of nitrogens with one attached hydrogen (secondary N) is 1. The summed E-state index contributed by atoms with van der Waals surface area (Å²) in [7, 11) is 0. The number of nitrogen functional groups attached to an aromatic ring is 1. The van der Waals surface area contributed by atoms with Crippen molar-refractivity contribution >= 4 is 63.5 Å². The number of carboxylic acid groups (broad SMARTS) is 1. The second-order valence-corrected chi connectivity index (χ2v) is 11.5. The number of aromatic nitrogens is 2. The van der Waals surface area contributed by atoms with Crippen LogP contribution in [0.3, 0.4) is 0 Å². The Morgan fingerprint density at radius 1 is 1.29 bits per heavy atom. The van der Waals surface area contributed by atoms with Crippen LogP contribution in [0, 0.1) is 0 Å². The van der Waals surface area contributed by atoms with E-state index >= 15 is 0 Å². The van der Waals surface area contributed by atoms with Crippen LogP contribution in [0.5, 0.6) is 0 Å². The lowest BCUT2D eigenvalue weighted by Gasteiger charge is -2.50. The van der Waals surface area contributed by atoms with Crippen molar-refractivity contribution < 1.29 is 38.9 Å². The molecule has 2 saturated heterocycles. The first kappa shape index (κ1) is 28.7. The summed E-state index contributed by atoms with van der Waals surface area (Å²) in [5.74, 6) is -3.76. The smallest absolute Gasteiger partial charge is 0.283 e. The lowest BCUT2D eigenvalue weighted by atomic mass is 10.0. The second-order valence-electron chi connectivity index (χ2n) is 9.53. The van der Waals surface area contributed by atoms with Crippen LogP contribution in [-0.4, -0.2) is 79.0 Å². The minimum absolute atomic E-state index is 0.0240. The number of carboxylic acids is 1. The van der Waals surface area contributed by atoms with Gasteiger partial charge in [-0.25, -0.2) is 4.98 Å². The normalized spacial score (nSPS) is 21.4. The number of nitrogens with zero attached hydrogens (tertiary/aromatic N) is 5. The lowest BCUT2D eigenvalue weighted by Crippen LogP contribution is -2.71. The number of carbonyl (C=O) groups excluding carboxylic acids is 5. The highest BCUT2D eigenvalue weighted by atomic mass is 32.2. The molecule has 0 radical (unpaired) electrons. The fourth-order valence-corrected chi connectivity index (χ4v) is 6.68. The number of β-lactam (4-membered cyclic amide) rings is 1. The molecule has 0 unspecified atom stereocenters. The number of nitrogens with two attached hydrogens (primary N) is 2. The molecule has 2 fully saturated rings. The number of thiazole rings is 1. The van der Waals surface area contributed by atoms with Crippen LogP contribution in [-0.2, 0) is 37.1 Å². The number of anilines is 1. The fraction of sp³-hybridized carbons (Fsp3) is 0.280. The van der Waals surface area contributed by atoms with Gasteiger partial charge in [-0.3, -0.25) is 24.1 Å². The van der Waals surface area contributed by atoms with Gasteiger partial charge < -0.3 is 36.8 Å². The molecule has 2 aromatic rings. The Kier molecular flexibility index (Phi) is 7.95. The third-order valence-electron chi connectivity index (χ3n) is 6.79. The third kappa shape index (κ3) is 5.55. The van der Waals surface area contributed by atoms with Gasteiger partial charge in [0.05, 0.1) is 11.7 Å². The Bertz CT molecular complexity index is 1580. The second kappa shape index (κ2) is 11.6. The van der Waals surface area contributed by atoms with Gasteiger partial charge in [-0.2, -0.15) is 4.57 Å². The maximum atomic E-state index is 13.1. The molecule has 3 aliphatic heterocycles. The van der Waals surface area contributed by atoms with E-state index in [-0.39, 0.29) is 40.3 Å². The summed E-state index contributed by atoms with van der Waals surface area (Å²) in [6, 6.07) is 2.47. The van der Waals surface area contributed by atoms with Crippen LogP contribution in [0.4, 0.5) is 5.13 Å². The van der Waals surface area contributed by atoms with Crippen molar-refractivity contribution in [1.82, 2.24) is 20.1 Å². The summed E-state index contributed by atoms with van der Waals surface area (Å²) in [6.45, 7) is 0.771. The average Bonchev–Trinajstić information content (AvgIpc) is 3.53. The number of aliphatic carboxylic acids is 1. The Balaban J connectivity index is 1.28. The predicted molar refractivity (Wildman–Crippen MR) is 146 cm³/mol. The van der Waals surface area contributed by atoms with E-state index in [2.05, 4.69) is 15.5 Å². The number of carbonyl (C=O) groups is 5. The first-order valence-electron chi connectivity index (χ1n) is 12.5. The van der Waals surface area contributed by atoms with Gasteiger partial charge in [0, 0.05) is 41.9 Å². The largest absolute Gasteiger partial charge is 0.543 e. The maximum Gasteiger partial charge on any atom is 0.283 e. The Morgan fingerprint density at radius 3 is 2.64 bits per heavy atom. The molecule has 15 nitrogen and oxygen atoms in total. The van der Waals surface area contributed by atoms with Crippen LogP contribution in [0.25, 0.3) is 0 Å². The Labute approximate surface area is 246 Å². The molecule has 218 valence electrons. The minimum Gasteiger partial charge on any atom is -0.543 e. The SMILES string of the molecule is NC(=O)C[n+]1ccc(CN2CCC(=CC3=C(C(=O)[O-])N4C(=O)[C@@H](NC(=O)/C(=N\O)c5csc(N)n5)[C@H]4SC3)C2=O)cc1. The van der Waals surface area contributed by atoms with E-state index in [0.717, 1.165) is 21.8 Å². The first-order valence-corrected chi connectivity index (χ1v) is 14.4. The van der Waals surface area contributed by atoms with Gasteiger partial charge in [0.25, 0.3) is 17.7 Å². The molecule has 5 heterocycles. The summed E-state index contributed by atoms with van der Waals surface area (Å²) in [5.41, 5.74) is 11.5. The number of hydrogen-bond donors (Lipinski definition) is 4. The van der Waals surface area contributed by atoms with E-state index in [1.54, 1.807) is 34.0 Å². The Morgan fingerprint density at radius 2 is 2.02 bits per heavy atom. The van der Waals surface area contributed by atoms with Crippen LogP contribution in [0.1, 0.15) is 17.7 Å². The zero-order valence-corrected chi connectivity index (χ0v) is 23.4. The lowest BCUT2D eigenvalue weighted by molar-refractivity contribution is -0.684. The van der Waals surface area contributed by atoms with Gasteiger partial charge in [-0.05, 0) is 23.6 Å². The molecule has 2 atom stereocenters. The molecule has 17 heteroatoms. The summed E-state index contributed by atoms with van der Waals surface area (Å²) in [6.07, 6.45) is 5.25. The highest BCUT2D eigenvalue weighted by Gasteiger charge is 2.53. The molecule has 42 heavy (non-hydrogen) atoms. The molecule has 4 amide bonds. The van der Waals surface area contributed by atoms with Crippen molar-refractivity contribution in [3.8, 4) is 0 Å². The van der Waals surface area contributed by atoms with E-state index in [9.17, 15) is 34.3 Å². The van der Waals surface area contributed by atoms with Gasteiger partial charge in [0.2, 0.25) is 12.5 Å². The molecular formula is C25H24N8O7S2. The van der Waals surface area contributed by atoms with Crippen LogP contribution < -0.4 is 26.5 Å². The van der Waals surface area contributed by atoms with E-state index < -0.39 is 40.8 Å². The number of hydrogen-bond acceptors (Lipinski definition) is 12. The van der Waals surface area contributed by atoms with Crippen LogP contribution >= 0.6 is 23.1 Å². The molecule has 3 aliphatic rings. The molecule has 0 spiro atoms. The standard InChI is InChI=1S/C25H24N8O7S2/c26-16(34)9-31-4-1-12(2-5-31)8-32-6-3-13(21(32)36)7-14-10-41-23-18(22(37)33(23)19(14)24(38)39)29-20(35)17(30-40)15-11-42-25(27)28-15/h1-2,4-5,7,11,18,23H,3,6,8-10H2,(H6-,26,27,28,29,34,35,38,39,40)/t18-,23-/m1/s1. The zero-order valence-electron chi connectivity index (χ0n) is 21.8. The summed E-state index contributed by atoms with van der Waals surface area (Å²) in [4.78, 5) is 68.6. The molecule has 0 aromatic carbocycles.